The molecule has 20 heavy (non-hydrogen) atoms. The molecule has 0 aliphatic heterocycles. The lowest BCUT2D eigenvalue weighted by molar-refractivity contribution is -0.123. The fourth-order valence-corrected chi connectivity index (χ4v) is 3.25. The van der Waals surface area contributed by atoms with Gasteiger partial charge in [0, 0.05) is 24.4 Å². The van der Waals surface area contributed by atoms with E-state index in [9.17, 15) is 4.79 Å². The standard InChI is InChI=1S/C16H21N3O/c1-19-15-8-3-2-7-13(15)14(18-19)10-16(20)11-5-4-6-12(17)9-11/h2-3,7-8,11-12H,4-6,9-10,17H2,1H3. The van der Waals surface area contributed by atoms with Crippen molar-refractivity contribution in [2.24, 2.45) is 18.7 Å². The molecule has 1 aliphatic carbocycles. The van der Waals surface area contributed by atoms with Gasteiger partial charge in [0.15, 0.2) is 0 Å². The van der Waals surface area contributed by atoms with E-state index in [1.54, 1.807) is 0 Å². The number of para-hydroxylation sites is 1. The molecule has 0 saturated heterocycles. The Morgan fingerprint density at radius 2 is 2.20 bits per heavy atom. The quantitative estimate of drug-likeness (QED) is 0.931. The van der Waals surface area contributed by atoms with Crippen LogP contribution in [0.4, 0.5) is 0 Å². The van der Waals surface area contributed by atoms with Crippen molar-refractivity contribution < 1.29 is 4.79 Å². The molecule has 4 heteroatoms. The first-order valence-electron chi connectivity index (χ1n) is 7.34. The van der Waals surface area contributed by atoms with Crippen molar-refractivity contribution in [3.8, 4) is 0 Å². The highest BCUT2D eigenvalue weighted by atomic mass is 16.1. The normalized spacial score (nSPS) is 23.1. The topological polar surface area (TPSA) is 60.9 Å². The van der Waals surface area contributed by atoms with E-state index in [-0.39, 0.29) is 12.0 Å². The second-order valence-electron chi connectivity index (χ2n) is 5.85. The number of benzene rings is 1. The molecule has 2 unspecified atom stereocenters. The van der Waals surface area contributed by atoms with Gasteiger partial charge in [-0.25, -0.2) is 0 Å². The fraction of sp³-hybridized carbons (Fsp3) is 0.500. The molecule has 2 N–H and O–H groups in total. The summed E-state index contributed by atoms with van der Waals surface area (Å²) >= 11 is 0. The molecule has 1 heterocycles. The number of aromatic nitrogens is 2. The maximum atomic E-state index is 12.5. The Labute approximate surface area is 119 Å². The Morgan fingerprint density at radius 1 is 1.40 bits per heavy atom. The van der Waals surface area contributed by atoms with Crippen LogP contribution in [0.25, 0.3) is 10.9 Å². The van der Waals surface area contributed by atoms with Gasteiger partial charge in [0.05, 0.1) is 17.6 Å². The number of aryl methyl sites for hydroxylation is 1. The first-order valence-corrected chi connectivity index (χ1v) is 7.34. The van der Waals surface area contributed by atoms with E-state index in [4.69, 9.17) is 5.73 Å². The molecule has 2 aromatic rings. The number of nitrogens with two attached hydrogens (primary N) is 1. The molecule has 0 radical (unpaired) electrons. The molecule has 1 aromatic carbocycles. The van der Waals surface area contributed by atoms with Gasteiger partial charge in [-0.1, -0.05) is 24.6 Å². The van der Waals surface area contributed by atoms with E-state index in [0.29, 0.717) is 12.2 Å². The van der Waals surface area contributed by atoms with Gasteiger partial charge in [-0.15, -0.1) is 0 Å². The van der Waals surface area contributed by atoms with Gasteiger partial charge in [-0.3, -0.25) is 9.48 Å². The van der Waals surface area contributed by atoms with E-state index in [2.05, 4.69) is 5.10 Å². The van der Waals surface area contributed by atoms with Crippen LogP contribution < -0.4 is 5.73 Å². The summed E-state index contributed by atoms with van der Waals surface area (Å²) in [5, 5.41) is 5.59. The van der Waals surface area contributed by atoms with Crippen LogP contribution in [0.1, 0.15) is 31.4 Å². The molecular weight excluding hydrogens is 250 g/mol. The Bertz CT molecular complexity index is 632. The summed E-state index contributed by atoms with van der Waals surface area (Å²) in [4.78, 5) is 12.5. The van der Waals surface area contributed by atoms with E-state index >= 15 is 0 Å². The number of rotatable bonds is 3. The summed E-state index contributed by atoms with van der Waals surface area (Å²) in [5.74, 6) is 0.420. The third-order valence-corrected chi connectivity index (χ3v) is 4.35. The molecule has 1 aromatic heterocycles. The molecule has 0 bridgehead atoms. The number of carbonyl (C=O) groups excluding carboxylic acids is 1. The van der Waals surface area contributed by atoms with Crippen LogP contribution in [-0.2, 0) is 18.3 Å². The minimum Gasteiger partial charge on any atom is -0.328 e. The molecule has 1 saturated carbocycles. The van der Waals surface area contributed by atoms with E-state index in [1.807, 2.05) is 36.0 Å². The number of hydrogen-bond acceptors (Lipinski definition) is 3. The third-order valence-electron chi connectivity index (χ3n) is 4.35. The molecule has 3 rings (SSSR count). The van der Waals surface area contributed by atoms with E-state index in [1.165, 1.54) is 0 Å². The first-order chi connectivity index (χ1) is 9.65. The van der Waals surface area contributed by atoms with Gasteiger partial charge in [-0.05, 0) is 25.3 Å². The Morgan fingerprint density at radius 3 is 3.00 bits per heavy atom. The Kier molecular flexibility index (Phi) is 3.57. The maximum Gasteiger partial charge on any atom is 0.142 e. The zero-order valence-corrected chi connectivity index (χ0v) is 11.9. The predicted octanol–water partition coefficient (Wildman–Crippen LogP) is 2.20. The van der Waals surface area contributed by atoms with Crippen LogP contribution in [-0.4, -0.2) is 21.6 Å². The molecule has 1 fully saturated rings. The number of ketones is 1. The molecule has 1 aliphatic rings. The molecule has 2 atom stereocenters. The zero-order valence-electron chi connectivity index (χ0n) is 11.9. The molecule has 0 spiro atoms. The van der Waals surface area contributed by atoms with Gasteiger partial charge in [0.1, 0.15) is 5.78 Å². The molecular formula is C16H21N3O. The van der Waals surface area contributed by atoms with Gasteiger partial charge in [0.2, 0.25) is 0 Å². The van der Waals surface area contributed by atoms with Crippen LogP contribution >= 0.6 is 0 Å². The smallest absolute Gasteiger partial charge is 0.142 e. The van der Waals surface area contributed by atoms with Gasteiger partial charge >= 0.3 is 0 Å². The second-order valence-corrected chi connectivity index (χ2v) is 5.85. The van der Waals surface area contributed by atoms with E-state index in [0.717, 1.165) is 42.3 Å². The van der Waals surface area contributed by atoms with Crippen LogP contribution in [0, 0.1) is 5.92 Å². The monoisotopic (exact) mass is 271 g/mol. The number of nitrogens with zero attached hydrogens (tertiary/aromatic N) is 2. The summed E-state index contributed by atoms with van der Waals surface area (Å²) in [6, 6.07) is 8.26. The maximum absolute atomic E-state index is 12.5. The third kappa shape index (κ3) is 2.48. The van der Waals surface area contributed by atoms with Crippen LogP contribution in [0.15, 0.2) is 24.3 Å². The van der Waals surface area contributed by atoms with Crippen molar-refractivity contribution in [2.75, 3.05) is 0 Å². The molecule has 0 amide bonds. The van der Waals surface area contributed by atoms with Crippen LogP contribution in [0.5, 0.6) is 0 Å². The van der Waals surface area contributed by atoms with Crippen molar-refractivity contribution in [3.05, 3.63) is 30.0 Å². The van der Waals surface area contributed by atoms with Crippen LogP contribution in [0.2, 0.25) is 0 Å². The first kappa shape index (κ1) is 13.3. The number of hydrogen-bond donors (Lipinski definition) is 1. The summed E-state index contributed by atoms with van der Waals surface area (Å²) in [7, 11) is 1.92. The number of carbonyl (C=O) groups is 1. The molecule has 106 valence electrons. The van der Waals surface area contributed by atoms with Gasteiger partial charge < -0.3 is 5.73 Å². The Balaban J connectivity index is 1.81. The van der Waals surface area contributed by atoms with Crippen molar-refractivity contribution in [1.29, 1.82) is 0 Å². The van der Waals surface area contributed by atoms with E-state index < -0.39 is 0 Å². The summed E-state index contributed by atoms with van der Waals surface area (Å²) < 4.78 is 1.85. The van der Waals surface area contributed by atoms with Gasteiger partial charge in [0.25, 0.3) is 0 Å². The predicted molar refractivity (Wildman–Crippen MR) is 79.4 cm³/mol. The number of Topliss-reactive ketones (excluding diaryl/α,β-unsaturated/α-hetero) is 1. The highest BCUT2D eigenvalue weighted by molar-refractivity contribution is 5.89. The summed E-state index contributed by atoms with van der Waals surface area (Å²) in [5.41, 5.74) is 7.95. The SMILES string of the molecule is Cn1nc(CC(=O)C2CCCC(N)C2)c2ccccc21. The lowest BCUT2D eigenvalue weighted by Crippen LogP contribution is -2.32. The minimum absolute atomic E-state index is 0.125. The largest absolute Gasteiger partial charge is 0.328 e. The van der Waals surface area contributed by atoms with Crippen molar-refractivity contribution in [2.45, 2.75) is 38.1 Å². The van der Waals surface area contributed by atoms with Crippen molar-refractivity contribution in [3.63, 3.8) is 0 Å². The molecule has 4 nitrogen and oxygen atoms in total. The lowest BCUT2D eigenvalue weighted by Gasteiger charge is -2.25. The van der Waals surface area contributed by atoms with Gasteiger partial charge in [-0.2, -0.15) is 5.10 Å². The Hall–Kier alpha value is -1.68. The fourth-order valence-electron chi connectivity index (χ4n) is 3.25. The highest BCUT2D eigenvalue weighted by Crippen LogP contribution is 2.26. The van der Waals surface area contributed by atoms with Crippen molar-refractivity contribution in [1.82, 2.24) is 9.78 Å². The summed E-state index contributed by atoms with van der Waals surface area (Å²) in [6.45, 7) is 0. The average molecular weight is 271 g/mol. The summed E-state index contributed by atoms with van der Waals surface area (Å²) in [6.07, 6.45) is 4.37. The van der Waals surface area contributed by atoms with Crippen molar-refractivity contribution >= 4 is 16.7 Å². The second kappa shape index (κ2) is 5.37. The number of fused-ring (bicyclic) bond motifs is 1. The van der Waals surface area contributed by atoms with Crippen LogP contribution in [0.3, 0.4) is 0 Å². The highest BCUT2D eigenvalue weighted by Gasteiger charge is 2.26. The zero-order chi connectivity index (χ0) is 14.1. The minimum atomic E-state index is 0.125. The average Bonchev–Trinajstić information content (AvgIpc) is 2.76. The lowest BCUT2D eigenvalue weighted by atomic mass is 9.82.